The van der Waals surface area contributed by atoms with Gasteiger partial charge in [-0.15, -0.1) is 0 Å². The molecule has 1 atom stereocenters. The van der Waals surface area contributed by atoms with Gasteiger partial charge < -0.3 is 0 Å². The maximum absolute atomic E-state index is 4.55. The van der Waals surface area contributed by atoms with Crippen LogP contribution in [0.1, 0.15) is 19.4 Å². The van der Waals surface area contributed by atoms with Crippen LogP contribution in [-0.2, 0) is 0 Å². The number of nitrogens with zero attached hydrogens (tertiary/aromatic N) is 1. The summed E-state index contributed by atoms with van der Waals surface area (Å²) in [6.45, 7) is 4.14. The van der Waals surface area contributed by atoms with E-state index in [0.29, 0.717) is 0 Å². The van der Waals surface area contributed by atoms with Crippen molar-refractivity contribution in [1.82, 2.24) is 0 Å². The zero-order valence-electron chi connectivity index (χ0n) is 9.14. The molecule has 1 aromatic carbocycles. The van der Waals surface area contributed by atoms with E-state index in [1.54, 1.807) is 0 Å². The fourth-order valence-electron chi connectivity index (χ4n) is 1.67. The van der Waals surface area contributed by atoms with E-state index in [-0.39, 0.29) is 5.54 Å². The van der Waals surface area contributed by atoms with Crippen LogP contribution in [0.2, 0.25) is 0 Å². The third-order valence-electron chi connectivity index (χ3n) is 2.49. The van der Waals surface area contributed by atoms with Gasteiger partial charge in [0.15, 0.2) is 0 Å². The summed E-state index contributed by atoms with van der Waals surface area (Å²) in [6, 6.07) is 10.3. The quantitative estimate of drug-likeness (QED) is 0.688. The van der Waals surface area contributed by atoms with Crippen LogP contribution in [0.25, 0.3) is 6.08 Å². The van der Waals surface area contributed by atoms with E-state index in [0.717, 1.165) is 5.71 Å². The lowest BCUT2D eigenvalue weighted by molar-refractivity contribution is 0.755. The van der Waals surface area contributed by atoms with Gasteiger partial charge >= 0.3 is 0 Å². The molecule has 0 saturated heterocycles. The largest absolute Gasteiger partial charge is 0.275 e. The van der Waals surface area contributed by atoms with Gasteiger partial charge in [-0.2, -0.15) is 0 Å². The van der Waals surface area contributed by atoms with Crippen molar-refractivity contribution in [2.75, 3.05) is 0 Å². The molecule has 0 fully saturated rings. The van der Waals surface area contributed by atoms with E-state index >= 15 is 0 Å². The molecule has 0 bridgehead atoms. The fourth-order valence-corrected chi connectivity index (χ4v) is 1.67. The molecule has 1 aliphatic rings. The predicted octanol–water partition coefficient (Wildman–Crippen LogP) is 3.49. The molecule has 0 aromatic heterocycles. The van der Waals surface area contributed by atoms with Crippen molar-refractivity contribution < 1.29 is 0 Å². The molecule has 1 aromatic rings. The summed E-state index contributed by atoms with van der Waals surface area (Å²) in [6.07, 6.45) is 8.44. The topological polar surface area (TPSA) is 12.4 Å². The van der Waals surface area contributed by atoms with Gasteiger partial charge in [0.25, 0.3) is 0 Å². The molecule has 0 unspecified atom stereocenters. The Morgan fingerprint density at radius 2 is 1.93 bits per heavy atom. The number of hydrogen-bond acceptors (Lipinski definition) is 1. The first-order valence-electron chi connectivity index (χ1n) is 5.18. The number of benzene rings is 1. The minimum atomic E-state index is -0.153. The zero-order valence-corrected chi connectivity index (χ0v) is 9.14. The Labute approximate surface area is 90.9 Å². The van der Waals surface area contributed by atoms with Crippen molar-refractivity contribution in [1.29, 1.82) is 0 Å². The zero-order chi connectivity index (χ0) is 10.7. The highest BCUT2D eigenvalue weighted by molar-refractivity contribution is 5.95. The van der Waals surface area contributed by atoms with Crippen LogP contribution in [0.5, 0.6) is 0 Å². The van der Waals surface area contributed by atoms with E-state index in [2.05, 4.69) is 48.4 Å². The monoisotopic (exact) mass is 197 g/mol. The molecule has 2 rings (SSSR count). The molecule has 1 heteroatoms. The van der Waals surface area contributed by atoms with Gasteiger partial charge in [-0.05, 0) is 25.5 Å². The Morgan fingerprint density at radius 3 is 2.53 bits per heavy atom. The normalized spacial score (nSPS) is 24.8. The molecule has 0 amide bonds. The van der Waals surface area contributed by atoms with E-state index in [9.17, 15) is 0 Å². The lowest BCUT2D eigenvalue weighted by atomic mass is 10.0. The molecule has 0 N–H and O–H groups in total. The minimum Gasteiger partial charge on any atom is -0.275 e. The summed E-state index contributed by atoms with van der Waals surface area (Å²) in [5.41, 5.74) is 2.15. The third-order valence-corrected chi connectivity index (χ3v) is 2.49. The average Bonchev–Trinajstić information content (AvgIpc) is 2.58. The molecule has 0 saturated carbocycles. The van der Waals surface area contributed by atoms with Crippen LogP contribution in [0.4, 0.5) is 0 Å². The van der Waals surface area contributed by atoms with Crippen molar-refractivity contribution in [2.45, 2.75) is 19.4 Å². The van der Waals surface area contributed by atoms with Gasteiger partial charge in [0.05, 0.1) is 5.54 Å². The number of aliphatic imine (C=N–C) groups is 1. The van der Waals surface area contributed by atoms with E-state index in [1.807, 2.05) is 25.1 Å². The molecule has 15 heavy (non-hydrogen) atoms. The SMILES string of the molecule is CC1=N[C@](C)(/C=C/c2ccccc2)C=C1. The Bertz CT molecular complexity index is 426. The second-order valence-corrected chi connectivity index (χ2v) is 4.06. The first-order valence-corrected chi connectivity index (χ1v) is 5.18. The van der Waals surface area contributed by atoms with Crippen molar-refractivity contribution in [2.24, 2.45) is 4.99 Å². The first-order chi connectivity index (χ1) is 7.18. The molecule has 1 heterocycles. The predicted molar refractivity (Wildman–Crippen MR) is 66.1 cm³/mol. The highest BCUT2D eigenvalue weighted by Crippen LogP contribution is 2.21. The smallest absolute Gasteiger partial charge is 0.0950 e. The molecule has 0 radical (unpaired) electrons. The summed E-state index contributed by atoms with van der Waals surface area (Å²) >= 11 is 0. The molecule has 1 nitrogen and oxygen atoms in total. The fraction of sp³-hybridized carbons (Fsp3) is 0.214. The highest BCUT2D eigenvalue weighted by atomic mass is 14.9. The van der Waals surface area contributed by atoms with Crippen LogP contribution in [-0.4, -0.2) is 11.3 Å². The van der Waals surface area contributed by atoms with Crippen molar-refractivity contribution >= 4 is 11.8 Å². The van der Waals surface area contributed by atoms with Crippen LogP contribution >= 0.6 is 0 Å². The average molecular weight is 197 g/mol. The standard InChI is InChI=1S/C14H15N/c1-12-8-10-14(2,15-12)11-9-13-6-4-3-5-7-13/h3-11H,1-2H3/b11-9+/t14-/m0/s1. The van der Waals surface area contributed by atoms with E-state index in [4.69, 9.17) is 0 Å². The first kappa shape index (κ1) is 9.91. The van der Waals surface area contributed by atoms with Gasteiger partial charge in [-0.1, -0.05) is 48.6 Å². The third kappa shape index (κ3) is 2.44. The molecular formula is C14H15N. The Hall–Kier alpha value is -1.63. The summed E-state index contributed by atoms with van der Waals surface area (Å²) in [7, 11) is 0. The van der Waals surface area contributed by atoms with Crippen LogP contribution in [0.15, 0.2) is 53.6 Å². The van der Waals surface area contributed by atoms with Crippen LogP contribution < -0.4 is 0 Å². The lowest BCUT2D eigenvalue weighted by Gasteiger charge is -2.12. The summed E-state index contributed by atoms with van der Waals surface area (Å²) in [5, 5.41) is 0. The summed E-state index contributed by atoms with van der Waals surface area (Å²) in [5.74, 6) is 0. The number of allylic oxidation sites excluding steroid dienone is 1. The molecule has 76 valence electrons. The van der Waals surface area contributed by atoms with Crippen LogP contribution in [0, 0.1) is 0 Å². The summed E-state index contributed by atoms with van der Waals surface area (Å²) in [4.78, 5) is 4.55. The van der Waals surface area contributed by atoms with Gasteiger partial charge in [-0.25, -0.2) is 0 Å². The van der Waals surface area contributed by atoms with Gasteiger partial charge in [0, 0.05) is 5.71 Å². The Morgan fingerprint density at radius 1 is 1.20 bits per heavy atom. The number of hydrogen-bond donors (Lipinski definition) is 0. The molecular weight excluding hydrogens is 182 g/mol. The lowest BCUT2D eigenvalue weighted by Crippen LogP contribution is -2.11. The maximum atomic E-state index is 4.55. The van der Waals surface area contributed by atoms with Gasteiger partial charge in [0.2, 0.25) is 0 Å². The minimum absolute atomic E-state index is 0.153. The Balaban J connectivity index is 2.17. The van der Waals surface area contributed by atoms with E-state index < -0.39 is 0 Å². The van der Waals surface area contributed by atoms with Crippen molar-refractivity contribution in [3.63, 3.8) is 0 Å². The second-order valence-electron chi connectivity index (χ2n) is 4.06. The molecule has 0 spiro atoms. The molecule has 0 aliphatic carbocycles. The Kier molecular flexibility index (Phi) is 2.55. The number of rotatable bonds is 2. The van der Waals surface area contributed by atoms with Crippen molar-refractivity contribution in [3.05, 3.63) is 54.1 Å². The van der Waals surface area contributed by atoms with Crippen molar-refractivity contribution in [3.8, 4) is 0 Å². The molecule has 1 aliphatic heterocycles. The summed E-state index contributed by atoms with van der Waals surface area (Å²) < 4.78 is 0. The van der Waals surface area contributed by atoms with Gasteiger partial charge in [0.1, 0.15) is 0 Å². The highest BCUT2D eigenvalue weighted by Gasteiger charge is 2.18. The van der Waals surface area contributed by atoms with Crippen LogP contribution in [0.3, 0.4) is 0 Å². The van der Waals surface area contributed by atoms with Gasteiger partial charge in [-0.3, -0.25) is 4.99 Å². The van der Waals surface area contributed by atoms with E-state index in [1.165, 1.54) is 5.56 Å². The maximum Gasteiger partial charge on any atom is 0.0950 e. The second kappa shape index (κ2) is 3.85.